The second kappa shape index (κ2) is 5.22. The van der Waals surface area contributed by atoms with Crippen LogP contribution in [0.1, 0.15) is 19.3 Å². The van der Waals surface area contributed by atoms with E-state index in [9.17, 15) is 10.1 Å². The summed E-state index contributed by atoms with van der Waals surface area (Å²) < 4.78 is 0. The highest BCUT2D eigenvalue weighted by Crippen LogP contribution is 2.38. The van der Waals surface area contributed by atoms with Gasteiger partial charge >= 0.3 is 5.69 Å². The molecule has 0 amide bonds. The van der Waals surface area contributed by atoms with E-state index in [0.29, 0.717) is 17.8 Å². The average molecular weight is 296 g/mol. The number of para-hydroxylation sites is 1. The average Bonchev–Trinajstić information content (AvgIpc) is 2.62. The lowest BCUT2D eigenvalue weighted by Gasteiger charge is -2.27. The molecule has 2 bridgehead atoms. The van der Waals surface area contributed by atoms with Gasteiger partial charge in [-0.05, 0) is 38.4 Å². The van der Waals surface area contributed by atoms with Gasteiger partial charge in [0.1, 0.15) is 10.7 Å². The van der Waals surface area contributed by atoms with Gasteiger partial charge in [-0.1, -0.05) is 17.7 Å². The van der Waals surface area contributed by atoms with Crippen molar-refractivity contribution in [3.8, 4) is 0 Å². The van der Waals surface area contributed by atoms with Crippen molar-refractivity contribution in [2.75, 3.05) is 25.0 Å². The lowest BCUT2D eigenvalue weighted by molar-refractivity contribution is -0.384. The van der Waals surface area contributed by atoms with E-state index in [-0.39, 0.29) is 15.6 Å². The summed E-state index contributed by atoms with van der Waals surface area (Å²) in [5, 5.41) is 11.5. The number of halogens is 1. The van der Waals surface area contributed by atoms with Gasteiger partial charge in [-0.25, -0.2) is 0 Å². The van der Waals surface area contributed by atoms with Gasteiger partial charge in [0.15, 0.2) is 0 Å². The maximum atomic E-state index is 11.3. The molecule has 0 saturated carbocycles. The monoisotopic (exact) mass is 295 g/mol. The fourth-order valence-corrected chi connectivity index (χ4v) is 3.71. The molecule has 20 heavy (non-hydrogen) atoms. The van der Waals surface area contributed by atoms with Crippen LogP contribution >= 0.6 is 11.6 Å². The van der Waals surface area contributed by atoms with Crippen LogP contribution in [0.4, 0.5) is 11.4 Å². The highest BCUT2D eigenvalue weighted by atomic mass is 35.5. The Bertz CT molecular complexity index is 537. The summed E-state index contributed by atoms with van der Waals surface area (Å²) in [5.41, 5.74) is 0.693. The van der Waals surface area contributed by atoms with Gasteiger partial charge in [0.25, 0.3) is 0 Å². The molecule has 6 heteroatoms. The molecule has 0 aliphatic carbocycles. The number of nitro groups is 1. The number of nitro benzene ring substituents is 1. The molecule has 2 fully saturated rings. The van der Waals surface area contributed by atoms with E-state index in [1.807, 2.05) is 6.07 Å². The van der Waals surface area contributed by atoms with Crippen molar-refractivity contribution in [1.82, 2.24) is 4.90 Å². The minimum Gasteiger partial charge on any atom is -0.364 e. The third-order valence-corrected chi connectivity index (χ3v) is 4.94. The van der Waals surface area contributed by atoms with Gasteiger partial charge in [0, 0.05) is 25.2 Å². The summed E-state index contributed by atoms with van der Waals surface area (Å²) in [6, 6.07) is 6.28. The number of rotatable bonds is 2. The maximum absolute atomic E-state index is 11.3. The molecule has 0 spiro atoms. The Morgan fingerprint density at radius 3 is 2.80 bits per heavy atom. The van der Waals surface area contributed by atoms with Gasteiger partial charge in [-0.3, -0.25) is 15.0 Å². The van der Waals surface area contributed by atoms with E-state index in [2.05, 4.69) is 16.8 Å². The van der Waals surface area contributed by atoms with Crippen LogP contribution in [0.2, 0.25) is 5.02 Å². The summed E-state index contributed by atoms with van der Waals surface area (Å²) in [5.74, 6) is 0. The summed E-state index contributed by atoms with van der Waals surface area (Å²) in [6.45, 7) is 1.70. The van der Waals surface area contributed by atoms with Gasteiger partial charge in [0.05, 0.1) is 4.92 Å². The molecule has 2 unspecified atom stereocenters. The minimum absolute atomic E-state index is 0.0367. The largest absolute Gasteiger partial charge is 0.364 e. The van der Waals surface area contributed by atoms with Crippen LogP contribution in [0.3, 0.4) is 0 Å². The van der Waals surface area contributed by atoms with E-state index in [0.717, 1.165) is 19.5 Å². The number of hydrogen-bond donors (Lipinski definition) is 0. The molecule has 3 rings (SSSR count). The van der Waals surface area contributed by atoms with Crippen LogP contribution in [-0.2, 0) is 0 Å². The zero-order valence-corrected chi connectivity index (χ0v) is 12.2. The molecular formula is C14H18ClN3O2. The van der Waals surface area contributed by atoms with Crippen LogP contribution < -0.4 is 4.90 Å². The van der Waals surface area contributed by atoms with Crippen LogP contribution in [0.25, 0.3) is 0 Å². The quantitative estimate of drug-likeness (QED) is 0.622. The predicted molar refractivity (Wildman–Crippen MR) is 79.5 cm³/mol. The zero-order valence-electron chi connectivity index (χ0n) is 11.5. The van der Waals surface area contributed by atoms with E-state index < -0.39 is 0 Å². The lowest BCUT2D eigenvalue weighted by atomic mass is 10.1. The standard InChI is InChI=1S/C14H18ClN3O2/c1-16-10-5-6-11(16)9-17(8-7-10)13-4-2-3-12(15)14(13)18(19)20/h2-4,10-11H,5-9H2,1H3. The Hall–Kier alpha value is -1.33. The van der Waals surface area contributed by atoms with Crippen molar-refractivity contribution in [1.29, 1.82) is 0 Å². The van der Waals surface area contributed by atoms with E-state index in [1.165, 1.54) is 12.8 Å². The number of hydrogen-bond acceptors (Lipinski definition) is 4. The maximum Gasteiger partial charge on any atom is 0.310 e. The summed E-state index contributed by atoms with van der Waals surface area (Å²) >= 11 is 6.01. The molecular weight excluding hydrogens is 278 g/mol. The molecule has 0 radical (unpaired) electrons. The number of fused-ring (bicyclic) bond motifs is 2. The van der Waals surface area contributed by atoms with Gasteiger partial charge in [0.2, 0.25) is 0 Å². The third-order valence-electron chi connectivity index (χ3n) is 4.64. The second-order valence-electron chi connectivity index (χ2n) is 5.65. The van der Waals surface area contributed by atoms with Gasteiger partial charge in [-0.2, -0.15) is 0 Å². The zero-order chi connectivity index (χ0) is 14.3. The first-order valence-corrected chi connectivity index (χ1v) is 7.35. The SMILES string of the molecule is CN1C2CCC1CN(c1cccc(Cl)c1[N+](=O)[O-])CC2. The molecule has 2 heterocycles. The van der Waals surface area contributed by atoms with Crippen LogP contribution in [0.5, 0.6) is 0 Å². The van der Waals surface area contributed by atoms with Gasteiger partial charge < -0.3 is 4.90 Å². The highest BCUT2D eigenvalue weighted by molar-refractivity contribution is 6.33. The first-order chi connectivity index (χ1) is 9.58. The molecule has 1 aromatic carbocycles. The molecule has 108 valence electrons. The third kappa shape index (κ3) is 2.25. The second-order valence-corrected chi connectivity index (χ2v) is 6.06. The normalized spacial score (nSPS) is 26.6. The Kier molecular flexibility index (Phi) is 3.56. The minimum atomic E-state index is -0.371. The molecule has 5 nitrogen and oxygen atoms in total. The fourth-order valence-electron chi connectivity index (χ4n) is 3.47. The Labute approximate surface area is 123 Å². The first kappa shape index (κ1) is 13.6. The van der Waals surface area contributed by atoms with Crippen LogP contribution in [-0.4, -0.2) is 42.0 Å². The topological polar surface area (TPSA) is 49.6 Å². The van der Waals surface area contributed by atoms with Crippen LogP contribution in [0.15, 0.2) is 18.2 Å². The molecule has 0 aromatic heterocycles. The molecule has 2 aliphatic heterocycles. The Balaban J connectivity index is 1.94. The summed E-state index contributed by atoms with van der Waals surface area (Å²) in [7, 11) is 2.16. The van der Waals surface area contributed by atoms with Crippen molar-refractivity contribution < 1.29 is 4.92 Å². The van der Waals surface area contributed by atoms with E-state index in [4.69, 9.17) is 11.6 Å². The van der Waals surface area contributed by atoms with Crippen molar-refractivity contribution in [3.05, 3.63) is 33.3 Å². The van der Waals surface area contributed by atoms with Gasteiger partial charge in [-0.15, -0.1) is 0 Å². The van der Waals surface area contributed by atoms with Crippen molar-refractivity contribution in [2.24, 2.45) is 0 Å². The molecule has 1 aromatic rings. The molecule has 2 atom stereocenters. The number of nitrogens with zero attached hydrogens (tertiary/aromatic N) is 3. The highest BCUT2D eigenvalue weighted by Gasteiger charge is 2.36. The van der Waals surface area contributed by atoms with Crippen LogP contribution in [0, 0.1) is 10.1 Å². The van der Waals surface area contributed by atoms with Crippen molar-refractivity contribution in [2.45, 2.75) is 31.3 Å². The lowest BCUT2D eigenvalue weighted by Crippen LogP contribution is -2.36. The van der Waals surface area contributed by atoms with Crippen molar-refractivity contribution in [3.63, 3.8) is 0 Å². The summed E-state index contributed by atoms with van der Waals surface area (Å²) in [4.78, 5) is 15.5. The molecule has 2 aliphatic rings. The van der Waals surface area contributed by atoms with E-state index in [1.54, 1.807) is 12.1 Å². The first-order valence-electron chi connectivity index (χ1n) is 6.97. The molecule has 2 saturated heterocycles. The van der Waals surface area contributed by atoms with E-state index >= 15 is 0 Å². The smallest absolute Gasteiger partial charge is 0.310 e. The Morgan fingerprint density at radius 1 is 1.30 bits per heavy atom. The summed E-state index contributed by atoms with van der Waals surface area (Å²) in [6.07, 6.45) is 3.47. The fraction of sp³-hybridized carbons (Fsp3) is 0.571. The number of anilines is 1. The number of likely N-dealkylation sites (N-methyl/N-ethyl adjacent to an activating group) is 1. The predicted octanol–water partition coefficient (Wildman–Crippen LogP) is 2.92. The molecule has 0 N–H and O–H groups in total. The number of benzene rings is 1. The van der Waals surface area contributed by atoms with Crippen molar-refractivity contribution >= 4 is 23.0 Å². The Morgan fingerprint density at radius 2 is 2.05 bits per heavy atom.